The fraction of sp³-hybridized carbons (Fsp3) is 0.571. The average Bonchev–Trinajstić information content (AvgIpc) is 2.15. The lowest BCUT2D eigenvalue weighted by Crippen LogP contribution is -2.38. The summed E-state index contributed by atoms with van der Waals surface area (Å²) in [6.45, 7) is 5.61. The second-order valence-electron chi connectivity index (χ2n) is 6.17. The maximum Gasteiger partial charge on any atom is 0.0788 e. The monoisotopic (exact) mass is 221 g/mol. The minimum absolute atomic E-state index is 0.0890. The second-order valence-corrected chi connectivity index (χ2v) is 6.17. The summed E-state index contributed by atoms with van der Waals surface area (Å²) in [5, 5.41) is 11.1. The average molecular weight is 221 g/mol. The Hall–Kier alpha value is -1.02. The molecule has 0 radical (unpaired) electrons. The van der Waals surface area contributed by atoms with E-state index in [4.69, 9.17) is 0 Å². The lowest BCUT2D eigenvalue weighted by molar-refractivity contribution is -0.871. The zero-order chi connectivity index (χ0) is 12.4. The first kappa shape index (κ1) is 13.0. The van der Waals surface area contributed by atoms with Gasteiger partial charge in [0.15, 0.2) is 0 Å². The number of benzene rings is 1. The molecule has 0 bridgehead atoms. The maximum absolute atomic E-state index is 11.1. The molecule has 2 nitrogen and oxygen atoms in total. The van der Waals surface area contributed by atoms with Gasteiger partial charge in [0.1, 0.15) is 0 Å². The minimum atomic E-state index is 0.0890. The lowest BCUT2D eigenvalue weighted by atomic mass is 9.81. The van der Waals surface area contributed by atoms with E-state index in [0.29, 0.717) is 0 Å². The number of hydrogen-bond acceptors (Lipinski definition) is 1. The van der Waals surface area contributed by atoms with Crippen LogP contribution in [-0.4, -0.2) is 32.2 Å². The summed E-state index contributed by atoms with van der Waals surface area (Å²) >= 11 is 0. The van der Waals surface area contributed by atoms with Crippen molar-refractivity contribution in [1.82, 2.24) is 0 Å². The molecule has 1 rings (SSSR count). The lowest BCUT2D eigenvalue weighted by Gasteiger charge is -2.31. The molecule has 0 N–H and O–H groups in total. The highest BCUT2D eigenvalue weighted by Gasteiger charge is 2.23. The molecule has 16 heavy (non-hydrogen) atoms. The Morgan fingerprint density at radius 1 is 1.06 bits per heavy atom. The quantitative estimate of drug-likeness (QED) is 0.714. The zero-order valence-corrected chi connectivity index (χ0v) is 11.1. The van der Waals surface area contributed by atoms with Crippen molar-refractivity contribution in [2.24, 2.45) is 0 Å². The molecule has 1 aromatic rings. The van der Waals surface area contributed by atoms with Gasteiger partial charge in [-0.25, -0.2) is 0 Å². The summed E-state index contributed by atoms with van der Waals surface area (Å²) in [5.41, 5.74) is 1.39. The highest BCUT2D eigenvalue weighted by atomic mass is 16.3. The topological polar surface area (TPSA) is 23.1 Å². The first-order valence-electron chi connectivity index (χ1n) is 5.79. The van der Waals surface area contributed by atoms with Crippen LogP contribution in [0.5, 0.6) is 5.75 Å². The first-order valence-corrected chi connectivity index (χ1v) is 5.79. The van der Waals surface area contributed by atoms with Crippen LogP contribution in [0.1, 0.15) is 25.8 Å². The Morgan fingerprint density at radius 2 is 1.56 bits per heavy atom. The highest BCUT2D eigenvalue weighted by Crippen LogP contribution is 2.28. The fourth-order valence-electron chi connectivity index (χ4n) is 1.67. The summed E-state index contributed by atoms with van der Waals surface area (Å²) in [6.07, 6.45) is 1.12. The van der Waals surface area contributed by atoms with Gasteiger partial charge in [0.25, 0.3) is 0 Å². The molecule has 0 fully saturated rings. The second kappa shape index (κ2) is 4.46. The summed E-state index contributed by atoms with van der Waals surface area (Å²) in [7, 11) is 6.62. The van der Waals surface area contributed by atoms with E-state index in [1.165, 1.54) is 5.56 Å². The number of hydrogen-bond donors (Lipinski definition) is 0. The predicted molar refractivity (Wildman–Crippen MR) is 66.4 cm³/mol. The SMILES string of the molecule is CC(C)(CC[N+](C)(C)C)c1ccc([O-])cc1. The molecule has 0 saturated heterocycles. The molecule has 0 atom stereocenters. The molecule has 0 spiro atoms. The predicted octanol–water partition coefficient (Wildman–Crippen LogP) is 2.13. The van der Waals surface area contributed by atoms with Crippen LogP contribution >= 0.6 is 0 Å². The van der Waals surface area contributed by atoms with Crippen LogP contribution in [0, 0.1) is 0 Å². The molecule has 0 aliphatic rings. The molecule has 0 heterocycles. The summed E-state index contributed by atoms with van der Waals surface area (Å²) in [6, 6.07) is 7.22. The Labute approximate surface area is 99.1 Å². The molecule has 1 aromatic carbocycles. The molecule has 0 amide bonds. The van der Waals surface area contributed by atoms with E-state index in [1.807, 2.05) is 12.1 Å². The Balaban J connectivity index is 2.73. The van der Waals surface area contributed by atoms with Crippen LogP contribution in [-0.2, 0) is 5.41 Å². The molecule has 0 aliphatic carbocycles. The van der Waals surface area contributed by atoms with E-state index in [9.17, 15) is 5.11 Å². The van der Waals surface area contributed by atoms with Crippen molar-refractivity contribution in [2.45, 2.75) is 25.7 Å². The van der Waals surface area contributed by atoms with Gasteiger partial charge in [-0.1, -0.05) is 38.1 Å². The van der Waals surface area contributed by atoms with Crippen molar-refractivity contribution < 1.29 is 9.59 Å². The smallest absolute Gasteiger partial charge is 0.0788 e. The van der Waals surface area contributed by atoms with Crippen LogP contribution in [0.2, 0.25) is 0 Å². The Morgan fingerprint density at radius 3 is 2.00 bits per heavy atom. The summed E-state index contributed by atoms with van der Waals surface area (Å²) < 4.78 is 0.975. The normalized spacial score (nSPS) is 12.8. The van der Waals surface area contributed by atoms with Crippen molar-refractivity contribution in [1.29, 1.82) is 0 Å². The molecule has 90 valence electrons. The van der Waals surface area contributed by atoms with E-state index >= 15 is 0 Å². The van der Waals surface area contributed by atoms with Crippen LogP contribution in [0.4, 0.5) is 0 Å². The van der Waals surface area contributed by atoms with Crippen LogP contribution in [0.3, 0.4) is 0 Å². The van der Waals surface area contributed by atoms with Gasteiger partial charge in [0.2, 0.25) is 0 Å². The molecule has 2 heteroatoms. The van der Waals surface area contributed by atoms with Gasteiger partial charge in [0, 0.05) is 6.42 Å². The third-order valence-corrected chi connectivity index (χ3v) is 3.04. The van der Waals surface area contributed by atoms with E-state index in [-0.39, 0.29) is 11.2 Å². The van der Waals surface area contributed by atoms with Gasteiger partial charge >= 0.3 is 0 Å². The van der Waals surface area contributed by atoms with Crippen molar-refractivity contribution in [3.05, 3.63) is 29.8 Å². The molecular formula is C14H23NO. The summed E-state index contributed by atoms with van der Waals surface area (Å²) in [5.74, 6) is 0.0890. The van der Waals surface area contributed by atoms with Gasteiger partial charge in [-0.3, -0.25) is 0 Å². The van der Waals surface area contributed by atoms with Crippen molar-refractivity contribution in [2.75, 3.05) is 27.7 Å². The third-order valence-electron chi connectivity index (χ3n) is 3.04. The highest BCUT2D eigenvalue weighted by molar-refractivity contribution is 5.29. The number of quaternary nitrogens is 1. The van der Waals surface area contributed by atoms with E-state index in [2.05, 4.69) is 35.0 Å². The third kappa shape index (κ3) is 3.86. The maximum atomic E-state index is 11.1. The van der Waals surface area contributed by atoms with Crippen molar-refractivity contribution in [3.8, 4) is 5.75 Å². The van der Waals surface area contributed by atoms with Crippen LogP contribution < -0.4 is 5.11 Å². The zero-order valence-electron chi connectivity index (χ0n) is 11.1. The van der Waals surface area contributed by atoms with Crippen molar-refractivity contribution >= 4 is 0 Å². The van der Waals surface area contributed by atoms with E-state index in [0.717, 1.165) is 17.4 Å². The Bertz CT molecular complexity index is 333. The summed E-state index contributed by atoms with van der Waals surface area (Å²) in [4.78, 5) is 0. The first-order chi connectivity index (χ1) is 7.21. The van der Waals surface area contributed by atoms with E-state index < -0.39 is 0 Å². The van der Waals surface area contributed by atoms with Gasteiger partial charge < -0.3 is 9.59 Å². The molecule has 0 saturated carbocycles. The largest absolute Gasteiger partial charge is 0.872 e. The van der Waals surface area contributed by atoms with Crippen LogP contribution in [0.25, 0.3) is 0 Å². The van der Waals surface area contributed by atoms with Gasteiger partial charge in [-0.15, -0.1) is 5.75 Å². The van der Waals surface area contributed by atoms with Gasteiger partial charge in [-0.05, 0) is 11.0 Å². The molecular weight excluding hydrogens is 198 g/mol. The van der Waals surface area contributed by atoms with Crippen molar-refractivity contribution in [3.63, 3.8) is 0 Å². The fourth-order valence-corrected chi connectivity index (χ4v) is 1.67. The van der Waals surface area contributed by atoms with E-state index in [1.54, 1.807) is 12.1 Å². The number of nitrogens with zero attached hydrogens (tertiary/aromatic N) is 1. The van der Waals surface area contributed by atoms with Gasteiger partial charge in [-0.2, -0.15) is 0 Å². The molecule has 0 aliphatic heterocycles. The minimum Gasteiger partial charge on any atom is -0.872 e. The Kier molecular flexibility index (Phi) is 3.64. The molecule has 0 unspecified atom stereocenters. The van der Waals surface area contributed by atoms with Gasteiger partial charge in [0.05, 0.1) is 27.7 Å². The number of rotatable bonds is 4. The van der Waals surface area contributed by atoms with Crippen LogP contribution in [0.15, 0.2) is 24.3 Å². The molecule has 0 aromatic heterocycles. The standard InChI is InChI=1S/C14H23NO/c1-14(2,10-11-15(3,4)5)12-6-8-13(16)9-7-12/h6-9H,10-11H2,1-5H3.